The Morgan fingerprint density at radius 3 is 2.71 bits per heavy atom. The predicted molar refractivity (Wildman–Crippen MR) is 54.7 cm³/mol. The summed E-state index contributed by atoms with van der Waals surface area (Å²) in [5, 5.41) is 6.63. The van der Waals surface area contributed by atoms with Gasteiger partial charge in [0.1, 0.15) is 0 Å². The maximum absolute atomic E-state index is 11.5. The highest BCUT2D eigenvalue weighted by molar-refractivity contribution is 5.94. The molecule has 1 rings (SSSR count). The Kier molecular flexibility index (Phi) is 3.24. The number of carbonyl (C=O) groups is 1. The van der Waals surface area contributed by atoms with Gasteiger partial charge in [-0.2, -0.15) is 5.10 Å². The van der Waals surface area contributed by atoms with Crippen molar-refractivity contribution in [3.63, 3.8) is 0 Å². The molecule has 0 radical (unpaired) electrons. The first-order valence-corrected chi connectivity index (χ1v) is 4.56. The third-order valence-corrected chi connectivity index (χ3v) is 1.99. The van der Waals surface area contributed by atoms with E-state index in [2.05, 4.69) is 10.4 Å². The number of rotatable bonds is 3. The maximum atomic E-state index is 11.5. The van der Waals surface area contributed by atoms with Crippen LogP contribution in [0.1, 0.15) is 13.8 Å². The zero-order valence-electron chi connectivity index (χ0n) is 8.69. The van der Waals surface area contributed by atoms with Gasteiger partial charge >= 0.3 is 0 Å². The summed E-state index contributed by atoms with van der Waals surface area (Å²) in [6.45, 7) is 3.82. The Morgan fingerprint density at radius 2 is 2.29 bits per heavy atom. The molecule has 0 fully saturated rings. The molecule has 1 aromatic heterocycles. The van der Waals surface area contributed by atoms with Crippen LogP contribution >= 0.6 is 0 Å². The fourth-order valence-corrected chi connectivity index (χ4v) is 1.01. The molecule has 14 heavy (non-hydrogen) atoms. The standard InChI is InChI=1S/C9H16N4O/c1-6(2)8(10)9(14)12-7-4-11-13(3)5-7/h4-6,8H,10H2,1-3H3,(H,12,14). The number of carbonyl (C=O) groups excluding carboxylic acids is 1. The predicted octanol–water partition coefficient (Wildman–Crippen LogP) is 0.342. The smallest absolute Gasteiger partial charge is 0.241 e. The molecule has 1 atom stereocenters. The molecule has 0 saturated carbocycles. The number of amides is 1. The summed E-state index contributed by atoms with van der Waals surface area (Å²) in [7, 11) is 1.79. The Morgan fingerprint density at radius 1 is 1.64 bits per heavy atom. The molecule has 1 heterocycles. The van der Waals surface area contributed by atoms with Crippen LogP contribution in [0, 0.1) is 5.92 Å². The summed E-state index contributed by atoms with van der Waals surface area (Å²) < 4.78 is 1.62. The summed E-state index contributed by atoms with van der Waals surface area (Å²) in [4.78, 5) is 11.5. The van der Waals surface area contributed by atoms with Gasteiger partial charge in [-0.15, -0.1) is 0 Å². The van der Waals surface area contributed by atoms with Gasteiger partial charge in [0, 0.05) is 13.2 Å². The van der Waals surface area contributed by atoms with Crippen LogP contribution in [0.2, 0.25) is 0 Å². The second-order valence-electron chi connectivity index (χ2n) is 3.66. The first-order chi connectivity index (χ1) is 6.50. The van der Waals surface area contributed by atoms with Crippen LogP contribution in [0.15, 0.2) is 12.4 Å². The average Bonchev–Trinajstić information content (AvgIpc) is 2.49. The van der Waals surface area contributed by atoms with Gasteiger partial charge in [-0.1, -0.05) is 13.8 Å². The van der Waals surface area contributed by atoms with Gasteiger partial charge in [0.15, 0.2) is 0 Å². The van der Waals surface area contributed by atoms with E-state index in [-0.39, 0.29) is 11.8 Å². The number of anilines is 1. The number of hydrogen-bond donors (Lipinski definition) is 2. The third kappa shape index (κ3) is 2.56. The summed E-state index contributed by atoms with van der Waals surface area (Å²) in [5.74, 6) is -0.0420. The van der Waals surface area contributed by atoms with Gasteiger partial charge < -0.3 is 11.1 Å². The van der Waals surface area contributed by atoms with E-state index < -0.39 is 6.04 Å². The molecule has 1 aromatic rings. The van der Waals surface area contributed by atoms with Crippen molar-refractivity contribution in [2.24, 2.45) is 18.7 Å². The molecule has 78 valence electrons. The van der Waals surface area contributed by atoms with Crippen LogP contribution in [0.3, 0.4) is 0 Å². The maximum Gasteiger partial charge on any atom is 0.241 e. The molecule has 1 amide bonds. The molecule has 1 unspecified atom stereocenters. The molecule has 0 bridgehead atoms. The highest BCUT2D eigenvalue weighted by Crippen LogP contribution is 2.06. The second-order valence-corrected chi connectivity index (χ2v) is 3.66. The molecule has 0 aliphatic carbocycles. The van der Waals surface area contributed by atoms with Gasteiger partial charge in [-0.05, 0) is 5.92 Å². The lowest BCUT2D eigenvalue weighted by Crippen LogP contribution is -2.39. The van der Waals surface area contributed by atoms with E-state index in [1.54, 1.807) is 24.1 Å². The van der Waals surface area contributed by atoms with E-state index in [0.717, 1.165) is 0 Å². The number of aromatic nitrogens is 2. The first-order valence-electron chi connectivity index (χ1n) is 4.56. The van der Waals surface area contributed by atoms with Gasteiger partial charge in [0.2, 0.25) is 5.91 Å². The summed E-state index contributed by atoms with van der Waals surface area (Å²) in [6, 6.07) is -0.477. The van der Waals surface area contributed by atoms with E-state index >= 15 is 0 Å². The van der Waals surface area contributed by atoms with Crippen LogP contribution in [0.5, 0.6) is 0 Å². The number of hydrogen-bond acceptors (Lipinski definition) is 3. The fourth-order valence-electron chi connectivity index (χ4n) is 1.01. The quantitative estimate of drug-likeness (QED) is 0.732. The van der Waals surface area contributed by atoms with Crippen molar-refractivity contribution in [2.75, 3.05) is 5.32 Å². The SMILES string of the molecule is CC(C)C(N)C(=O)Nc1cnn(C)c1. The largest absolute Gasteiger partial charge is 0.322 e. The van der Waals surface area contributed by atoms with Gasteiger partial charge in [-0.3, -0.25) is 9.48 Å². The molecule has 5 heteroatoms. The first kappa shape index (κ1) is 10.7. The van der Waals surface area contributed by atoms with Gasteiger partial charge in [-0.25, -0.2) is 0 Å². The molecule has 5 nitrogen and oxygen atoms in total. The van der Waals surface area contributed by atoms with Crippen molar-refractivity contribution < 1.29 is 4.79 Å². The van der Waals surface area contributed by atoms with Crippen LogP contribution < -0.4 is 11.1 Å². The lowest BCUT2D eigenvalue weighted by molar-refractivity contribution is -0.118. The minimum absolute atomic E-state index is 0.131. The summed E-state index contributed by atoms with van der Waals surface area (Å²) in [5.41, 5.74) is 6.35. The molecule has 0 saturated heterocycles. The van der Waals surface area contributed by atoms with E-state index in [9.17, 15) is 4.79 Å². The minimum atomic E-state index is -0.477. The normalized spacial score (nSPS) is 12.9. The van der Waals surface area contributed by atoms with E-state index in [4.69, 9.17) is 5.73 Å². The second kappa shape index (κ2) is 4.23. The van der Waals surface area contributed by atoms with Crippen molar-refractivity contribution in [1.29, 1.82) is 0 Å². The monoisotopic (exact) mass is 196 g/mol. The van der Waals surface area contributed by atoms with Crippen LogP contribution in [-0.4, -0.2) is 21.7 Å². The molecule has 0 aliphatic heterocycles. The van der Waals surface area contributed by atoms with Crippen molar-refractivity contribution >= 4 is 11.6 Å². The summed E-state index contributed by atoms with van der Waals surface area (Å²) >= 11 is 0. The zero-order valence-corrected chi connectivity index (χ0v) is 8.69. The van der Waals surface area contributed by atoms with Gasteiger partial charge in [0.05, 0.1) is 17.9 Å². The Bertz CT molecular complexity index is 318. The zero-order chi connectivity index (χ0) is 10.7. The number of aryl methyl sites for hydroxylation is 1. The lowest BCUT2D eigenvalue weighted by Gasteiger charge is -2.14. The number of nitrogens with two attached hydrogens (primary N) is 1. The molecular formula is C9H16N4O. The number of nitrogens with zero attached hydrogens (tertiary/aromatic N) is 2. The van der Waals surface area contributed by atoms with Crippen molar-refractivity contribution in [3.05, 3.63) is 12.4 Å². The minimum Gasteiger partial charge on any atom is -0.322 e. The Balaban J connectivity index is 2.57. The highest BCUT2D eigenvalue weighted by atomic mass is 16.2. The topological polar surface area (TPSA) is 72.9 Å². The average molecular weight is 196 g/mol. The van der Waals surface area contributed by atoms with Crippen molar-refractivity contribution in [3.8, 4) is 0 Å². The molecule has 3 N–H and O–H groups in total. The Hall–Kier alpha value is -1.36. The summed E-state index contributed by atoms with van der Waals surface area (Å²) in [6.07, 6.45) is 3.32. The lowest BCUT2D eigenvalue weighted by atomic mass is 10.1. The van der Waals surface area contributed by atoms with Crippen LogP contribution in [0.25, 0.3) is 0 Å². The van der Waals surface area contributed by atoms with Crippen molar-refractivity contribution in [2.45, 2.75) is 19.9 Å². The highest BCUT2D eigenvalue weighted by Gasteiger charge is 2.17. The third-order valence-electron chi connectivity index (χ3n) is 1.99. The van der Waals surface area contributed by atoms with E-state index in [1.807, 2.05) is 13.8 Å². The van der Waals surface area contributed by atoms with Crippen molar-refractivity contribution in [1.82, 2.24) is 9.78 Å². The molecular weight excluding hydrogens is 180 g/mol. The van der Waals surface area contributed by atoms with Crippen LogP contribution in [0.4, 0.5) is 5.69 Å². The molecule has 0 aromatic carbocycles. The Labute approximate surface area is 83.3 Å². The van der Waals surface area contributed by atoms with Gasteiger partial charge in [0.25, 0.3) is 0 Å². The fraction of sp³-hybridized carbons (Fsp3) is 0.556. The van der Waals surface area contributed by atoms with Crippen LogP contribution in [-0.2, 0) is 11.8 Å². The molecule has 0 spiro atoms. The number of nitrogens with one attached hydrogen (secondary N) is 1. The van der Waals surface area contributed by atoms with E-state index in [1.165, 1.54) is 0 Å². The van der Waals surface area contributed by atoms with E-state index in [0.29, 0.717) is 5.69 Å². The molecule has 0 aliphatic rings.